The summed E-state index contributed by atoms with van der Waals surface area (Å²) in [4.78, 5) is 0. The van der Waals surface area contributed by atoms with Crippen molar-refractivity contribution < 1.29 is 24.2 Å². The monoisotopic (exact) mass is 744 g/mol. The molecule has 0 atom stereocenters. The van der Waals surface area contributed by atoms with Crippen LogP contribution in [0.1, 0.15) is 17.5 Å². The predicted molar refractivity (Wildman–Crippen MR) is 205 cm³/mol. The molecule has 4 heteroatoms. The van der Waals surface area contributed by atoms with Crippen molar-refractivity contribution in [3.8, 4) is 11.1 Å². The van der Waals surface area contributed by atoms with Gasteiger partial charge < -0.3 is 0 Å². The average Bonchev–Trinajstić information content (AvgIpc) is 3.83. The minimum Gasteiger partial charge on any atom is -0.147 e. The summed E-state index contributed by atoms with van der Waals surface area (Å²) in [5.41, 5.74) is 5.67. The molecular weight excluding hydrogens is 714 g/mol. The molecule has 2 aliphatic rings. The van der Waals surface area contributed by atoms with Crippen LogP contribution < -0.4 is 0 Å². The van der Waals surface area contributed by atoms with Gasteiger partial charge in [-0.05, 0) is 28.5 Å². The molecule has 9 rings (SSSR count). The van der Waals surface area contributed by atoms with Crippen molar-refractivity contribution in [1.29, 1.82) is 0 Å². The van der Waals surface area contributed by atoms with E-state index in [1.54, 1.807) is 24.3 Å². The number of benzene rings is 7. The van der Waals surface area contributed by atoms with E-state index in [-0.39, 0.29) is 24.8 Å². The fourth-order valence-electron chi connectivity index (χ4n) is 5.50. The average molecular weight is 747 g/mol. The molecule has 0 unspecified atom stereocenters. The molecule has 0 bridgehead atoms. The molecule has 0 saturated carbocycles. The van der Waals surface area contributed by atoms with Crippen molar-refractivity contribution in [2.45, 2.75) is 12.8 Å². The van der Waals surface area contributed by atoms with E-state index in [1.807, 2.05) is 42.5 Å². The number of hydrogen-bond acceptors (Lipinski definition) is 0. The first-order valence-corrected chi connectivity index (χ1v) is 16.9. The molecule has 7 aromatic rings. The second-order valence-corrected chi connectivity index (χ2v) is 10.6. The molecule has 0 nitrogen and oxygen atoms in total. The van der Waals surface area contributed by atoms with Crippen LogP contribution in [0.2, 0.25) is 5.02 Å². The summed E-state index contributed by atoms with van der Waals surface area (Å²) < 4.78 is 3.34. The Balaban J connectivity index is 0.000000193. The van der Waals surface area contributed by atoms with Gasteiger partial charge in [-0.1, -0.05) is 71.1 Å². The molecule has 0 heterocycles. The minimum absolute atomic E-state index is 0. The maximum Gasteiger partial charge on any atom is -0.0240 e. The van der Waals surface area contributed by atoms with Crippen molar-refractivity contribution in [1.82, 2.24) is 0 Å². The number of fused-ring (bicyclic) bond motifs is 9. The molecule has 0 saturated heterocycles. The van der Waals surface area contributed by atoms with Crippen molar-refractivity contribution in [3.63, 3.8) is 0 Å². The Morgan fingerprint density at radius 1 is 0.638 bits per heavy atom. The summed E-state index contributed by atoms with van der Waals surface area (Å²) >= 11 is 6.82. The van der Waals surface area contributed by atoms with Gasteiger partial charge in [-0.15, -0.1) is 131 Å². The number of allylic oxidation sites excluding steroid dienone is 4. The van der Waals surface area contributed by atoms with Gasteiger partial charge in [-0.25, -0.2) is 12.2 Å². The van der Waals surface area contributed by atoms with Gasteiger partial charge in [-0.3, -0.25) is 6.08 Å². The van der Waals surface area contributed by atoms with Crippen molar-refractivity contribution in [2.75, 3.05) is 0 Å². The summed E-state index contributed by atoms with van der Waals surface area (Å²) in [7, 11) is 0. The molecular formula is C43H33Cl3Zr-4. The van der Waals surface area contributed by atoms with Gasteiger partial charge in [0.15, 0.2) is 0 Å². The molecule has 0 N–H and O–H groups in total. The molecule has 234 valence electrons. The van der Waals surface area contributed by atoms with E-state index < -0.39 is 0 Å². The summed E-state index contributed by atoms with van der Waals surface area (Å²) in [6, 6.07) is 54.7. The summed E-state index contributed by atoms with van der Waals surface area (Å²) in [5, 5.41) is 8.50. The second-order valence-electron chi connectivity index (χ2n) is 10.2. The van der Waals surface area contributed by atoms with Gasteiger partial charge >= 0.3 is 28.4 Å². The van der Waals surface area contributed by atoms with Gasteiger partial charge in [0.1, 0.15) is 0 Å². The smallest absolute Gasteiger partial charge is 0.0240 e. The van der Waals surface area contributed by atoms with Crippen LogP contribution in [0.15, 0.2) is 152 Å². The van der Waals surface area contributed by atoms with Crippen LogP contribution in [0.4, 0.5) is 0 Å². The Kier molecular flexibility index (Phi) is 16.1. The maximum atomic E-state index is 5.52. The number of halogens is 3. The summed E-state index contributed by atoms with van der Waals surface area (Å²) in [6.07, 6.45) is 11.0. The van der Waals surface area contributed by atoms with E-state index in [4.69, 9.17) is 11.6 Å². The van der Waals surface area contributed by atoms with Gasteiger partial charge in [0, 0.05) is 0 Å². The Hall–Kier alpha value is -3.58. The van der Waals surface area contributed by atoms with Crippen LogP contribution >= 0.6 is 36.4 Å². The molecule has 0 amide bonds. The van der Waals surface area contributed by atoms with Crippen molar-refractivity contribution in [2.24, 2.45) is 0 Å². The molecule has 47 heavy (non-hydrogen) atoms. The molecule has 0 aromatic heterocycles. The van der Waals surface area contributed by atoms with Crippen molar-refractivity contribution >= 4 is 72.9 Å². The van der Waals surface area contributed by atoms with E-state index in [0.29, 0.717) is 0 Å². The van der Waals surface area contributed by atoms with Crippen LogP contribution in [-0.4, -0.2) is 4.21 Å². The minimum atomic E-state index is 0. The third-order valence-electron chi connectivity index (χ3n) is 7.44. The van der Waals surface area contributed by atoms with Crippen LogP contribution in [0.25, 0.3) is 43.4 Å². The van der Waals surface area contributed by atoms with Crippen LogP contribution in [0, 0.1) is 24.3 Å². The largest absolute Gasteiger partial charge is 0.147 e. The Labute approximate surface area is 311 Å². The molecule has 2 aliphatic carbocycles. The Morgan fingerprint density at radius 3 is 1.96 bits per heavy atom. The first kappa shape index (κ1) is 37.9. The summed E-state index contributed by atoms with van der Waals surface area (Å²) in [5.74, 6) is 0. The van der Waals surface area contributed by atoms with Gasteiger partial charge in [0.2, 0.25) is 0 Å². The van der Waals surface area contributed by atoms with E-state index in [2.05, 4.69) is 113 Å². The standard InChI is InChI=1S/C21H13.C10H7.C6H4Cl.C5H5.CH2.2ClH.Zr/c1-2-8-15-14(7-1)13-20-18-11-4-3-9-16(18)17-10-5-6-12-19(17)21(15)20;1-2-6-10-8-4-3-7-9(10)5-1;7-6-4-2-1-3-5-6;1-2-4-5-3-1;;;;/h1-10,12H,13H2;1-7H;2-5H;1-3H,4H2;1H2;2*1H;/q4*-1;;;;. The maximum absolute atomic E-state index is 5.52. The van der Waals surface area contributed by atoms with E-state index in [9.17, 15) is 0 Å². The quantitative estimate of drug-likeness (QED) is 0.107. The van der Waals surface area contributed by atoms with E-state index in [1.165, 1.54) is 78.8 Å². The normalized spacial score (nSPS) is 11.0. The van der Waals surface area contributed by atoms with Crippen LogP contribution in [-0.2, 0) is 30.7 Å². The second kappa shape index (κ2) is 19.9. The van der Waals surface area contributed by atoms with E-state index >= 15 is 0 Å². The molecule has 7 aromatic carbocycles. The fourth-order valence-corrected chi connectivity index (χ4v) is 5.62. The fraction of sp³-hybridized carbons (Fsp3) is 0.0465. The van der Waals surface area contributed by atoms with Gasteiger partial charge in [-0.2, -0.15) is 36.4 Å². The Morgan fingerprint density at radius 2 is 1.28 bits per heavy atom. The zero-order chi connectivity index (χ0) is 31.3. The van der Waals surface area contributed by atoms with Crippen LogP contribution in [0.3, 0.4) is 0 Å². The first-order valence-electron chi connectivity index (χ1n) is 14.8. The SMILES string of the molecule is Cl.Cl.Clc1cc[c-]cc1.[C-]1=CC=CC1.[CH2]=[Zr].[c-]1cccc2c1c1c(c3ccccc32)-c2ccccc2C1.[c-]1cccc2ccccc12. The Bertz CT molecular complexity index is 1990. The molecule has 0 radical (unpaired) electrons. The third-order valence-corrected chi connectivity index (χ3v) is 7.69. The zero-order valence-corrected chi connectivity index (χ0v) is 30.6. The summed E-state index contributed by atoms with van der Waals surface area (Å²) in [6.45, 7) is 0. The number of rotatable bonds is 0. The first-order chi connectivity index (χ1) is 22.3. The molecule has 0 spiro atoms. The van der Waals surface area contributed by atoms with Crippen LogP contribution in [0.5, 0.6) is 0 Å². The van der Waals surface area contributed by atoms with Gasteiger partial charge in [0.25, 0.3) is 0 Å². The van der Waals surface area contributed by atoms with Crippen molar-refractivity contribution in [3.05, 3.63) is 192 Å². The van der Waals surface area contributed by atoms with E-state index in [0.717, 1.165) is 17.9 Å². The van der Waals surface area contributed by atoms with Gasteiger partial charge in [0.05, 0.1) is 0 Å². The zero-order valence-electron chi connectivity index (χ0n) is 25.7. The third kappa shape index (κ3) is 9.73. The number of hydrogen-bond donors (Lipinski definition) is 0. The molecule has 0 aliphatic heterocycles. The predicted octanol–water partition coefficient (Wildman–Crippen LogP) is 12.3. The molecule has 0 fully saturated rings. The topological polar surface area (TPSA) is 0 Å².